The van der Waals surface area contributed by atoms with Gasteiger partial charge in [-0.15, -0.1) is 0 Å². The summed E-state index contributed by atoms with van der Waals surface area (Å²) in [6.45, 7) is 0. The van der Waals surface area contributed by atoms with Gasteiger partial charge in [0.25, 0.3) is 0 Å². The number of aromatic nitrogens is 1. The largest absolute Gasteiger partial charge is 0.386 e. The number of hydrogen-bond donors (Lipinski definition) is 1. The molecule has 0 bridgehead atoms. The molecule has 0 aliphatic rings. The van der Waals surface area contributed by atoms with E-state index in [1.165, 1.54) is 6.07 Å². The molecule has 2 heterocycles. The second-order valence-electron chi connectivity index (χ2n) is 5.66. The first-order valence-corrected chi connectivity index (χ1v) is 7.21. The lowest BCUT2D eigenvalue weighted by molar-refractivity contribution is 0.500. The van der Waals surface area contributed by atoms with Crippen LogP contribution in [0.2, 0.25) is 0 Å². The van der Waals surface area contributed by atoms with E-state index in [1.54, 1.807) is 24.3 Å². The van der Waals surface area contributed by atoms with Gasteiger partial charge >= 0.3 is 11.3 Å². The Bertz CT molecular complexity index is 1530. The van der Waals surface area contributed by atoms with E-state index in [-0.39, 0.29) is 21.5 Å². The van der Waals surface area contributed by atoms with Gasteiger partial charge in [-0.1, -0.05) is 18.2 Å². The molecule has 0 spiro atoms. The zero-order valence-corrected chi connectivity index (χ0v) is 12.0. The van der Waals surface area contributed by atoms with Gasteiger partial charge in [-0.2, -0.15) is 0 Å². The minimum Gasteiger partial charge on any atom is -0.386 e. The molecule has 0 amide bonds. The van der Waals surface area contributed by atoms with Crippen LogP contribution >= 0.6 is 0 Å². The normalized spacial score (nSPS) is 12.0. The van der Waals surface area contributed by atoms with Crippen LogP contribution in [0.15, 0.2) is 60.0 Å². The fourth-order valence-electron chi connectivity index (χ4n) is 3.49. The standard InChI is InChI=1S/C18H7NO5/c20-9-5-6-10(21)13-12(9)15-14(17(22)24-18(15)23)11-7-3-1-2-4-8(7)19-16(11)13/h1-6,19H. The molecule has 3 aromatic carbocycles. The summed E-state index contributed by atoms with van der Waals surface area (Å²) in [7, 11) is 0. The van der Waals surface area contributed by atoms with E-state index in [2.05, 4.69) is 4.98 Å². The fourth-order valence-corrected chi connectivity index (χ4v) is 3.49. The van der Waals surface area contributed by atoms with Gasteiger partial charge in [0.15, 0.2) is 10.9 Å². The molecule has 0 aliphatic heterocycles. The first kappa shape index (κ1) is 13.0. The van der Waals surface area contributed by atoms with Gasteiger partial charge in [-0.05, 0) is 18.2 Å². The van der Waals surface area contributed by atoms with E-state index < -0.39 is 22.1 Å². The number of hydrogen-bond acceptors (Lipinski definition) is 5. The first-order valence-electron chi connectivity index (χ1n) is 7.21. The van der Waals surface area contributed by atoms with Crippen molar-refractivity contribution in [2.75, 3.05) is 0 Å². The number of para-hydroxylation sites is 1. The van der Waals surface area contributed by atoms with Crippen molar-refractivity contribution in [2.45, 2.75) is 0 Å². The maximum atomic E-state index is 12.4. The zero-order chi connectivity index (χ0) is 16.6. The molecule has 5 rings (SSSR count). The highest BCUT2D eigenvalue weighted by atomic mass is 16.4. The number of nitrogens with one attached hydrogen (secondary N) is 1. The molecule has 0 unspecified atom stereocenters. The molecule has 0 saturated carbocycles. The topological polar surface area (TPSA) is 97.2 Å². The van der Waals surface area contributed by atoms with E-state index in [0.29, 0.717) is 21.8 Å². The number of benzene rings is 3. The molecule has 0 radical (unpaired) electrons. The van der Waals surface area contributed by atoms with Crippen molar-refractivity contribution in [3.63, 3.8) is 0 Å². The summed E-state index contributed by atoms with van der Waals surface area (Å²) in [6, 6.07) is 9.44. The van der Waals surface area contributed by atoms with Crippen LogP contribution in [-0.2, 0) is 0 Å². The van der Waals surface area contributed by atoms with Crippen LogP contribution in [0.3, 0.4) is 0 Å². The average Bonchev–Trinajstić information content (AvgIpc) is 3.08. The Balaban J connectivity index is 2.41. The van der Waals surface area contributed by atoms with Crippen LogP contribution in [-0.4, -0.2) is 4.98 Å². The van der Waals surface area contributed by atoms with Gasteiger partial charge in [-0.25, -0.2) is 9.59 Å². The van der Waals surface area contributed by atoms with Crippen molar-refractivity contribution >= 4 is 43.4 Å². The molecule has 1 N–H and O–H groups in total. The Morgan fingerprint density at radius 1 is 0.667 bits per heavy atom. The summed E-state index contributed by atoms with van der Waals surface area (Å²) in [5.74, 6) is 0. The minimum absolute atomic E-state index is 0.0441. The Morgan fingerprint density at radius 3 is 2.04 bits per heavy atom. The smallest absolute Gasteiger partial charge is 0.347 e. The van der Waals surface area contributed by atoms with E-state index in [1.807, 2.05) is 0 Å². The van der Waals surface area contributed by atoms with Gasteiger partial charge < -0.3 is 9.40 Å². The Morgan fingerprint density at radius 2 is 1.29 bits per heavy atom. The second kappa shape index (κ2) is 4.05. The molecule has 0 atom stereocenters. The van der Waals surface area contributed by atoms with E-state index in [0.717, 1.165) is 6.07 Å². The van der Waals surface area contributed by atoms with Gasteiger partial charge in [0.1, 0.15) is 0 Å². The third-order valence-electron chi connectivity index (χ3n) is 4.43. The highest BCUT2D eigenvalue weighted by Crippen LogP contribution is 2.34. The van der Waals surface area contributed by atoms with E-state index in [4.69, 9.17) is 4.42 Å². The van der Waals surface area contributed by atoms with Crippen molar-refractivity contribution in [3.8, 4) is 0 Å². The quantitative estimate of drug-likeness (QED) is 0.467. The van der Waals surface area contributed by atoms with Crippen molar-refractivity contribution in [1.82, 2.24) is 4.98 Å². The summed E-state index contributed by atoms with van der Waals surface area (Å²) in [6.07, 6.45) is 0. The predicted octanol–water partition coefficient (Wildman–Crippen LogP) is 1.54. The molecule has 0 aliphatic carbocycles. The average molecular weight is 317 g/mol. The van der Waals surface area contributed by atoms with Crippen LogP contribution in [0.25, 0.3) is 43.4 Å². The maximum absolute atomic E-state index is 12.4. The highest BCUT2D eigenvalue weighted by Gasteiger charge is 2.23. The fraction of sp³-hybridized carbons (Fsp3) is 0. The number of rotatable bonds is 0. The van der Waals surface area contributed by atoms with Crippen LogP contribution in [0, 0.1) is 0 Å². The highest BCUT2D eigenvalue weighted by molar-refractivity contribution is 6.30. The predicted molar refractivity (Wildman–Crippen MR) is 90.5 cm³/mol. The lowest BCUT2D eigenvalue weighted by Gasteiger charge is -1.99. The molecule has 6 nitrogen and oxygen atoms in total. The second-order valence-corrected chi connectivity index (χ2v) is 5.66. The maximum Gasteiger partial charge on any atom is 0.347 e. The van der Waals surface area contributed by atoms with Crippen molar-refractivity contribution in [1.29, 1.82) is 0 Å². The summed E-state index contributed by atoms with van der Waals surface area (Å²) < 4.78 is 4.73. The molecule has 114 valence electrons. The SMILES string of the molecule is O=c1ccc(=O)c2c1c1[nH]c3ccccc3c1c1c(=O)oc(=O)c21. The molecule has 2 aromatic heterocycles. The van der Waals surface area contributed by atoms with Crippen molar-refractivity contribution in [2.24, 2.45) is 0 Å². The van der Waals surface area contributed by atoms with Crippen molar-refractivity contribution in [3.05, 3.63) is 77.7 Å². The summed E-state index contributed by atoms with van der Waals surface area (Å²) >= 11 is 0. The third-order valence-corrected chi connectivity index (χ3v) is 4.43. The molecular formula is C18H7NO5. The molecule has 6 heteroatoms. The lowest BCUT2D eigenvalue weighted by atomic mass is 9.99. The monoisotopic (exact) mass is 317 g/mol. The Kier molecular flexibility index (Phi) is 2.19. The molecule has 0 saturated heterocycles. The Labute approximate surface area is 131 Å². The van der Waals surface area contributed by atoms with Crippen LogP contribution in [0.4, 0.5) is 0 Å². The van der Waals surface area contributed by atoms with Gasteiger partial charge in [0.2, 0.25) is 0 Å². The molecule has 0 fully saturated rings. The molecular weight excluding hydrogens is 310 g/mol. The van der Waals surface area contributed by atoms with Crippen LogP contribution < -0.4 is 22.1 Å². The summed E-state index contributed by atoms with van der Waals surface area (Å²) in [4.78, 5) is 52.2. The van der Waals surface area contributed by atoms with Gasteiger partial charge in [0, 0.05) is 16.3 Å². The summed E-state index contributed by atoms with van der Waals surface area (Å²) in [5, 5.41) is 1.10. The Hall–Kier alpha value is -3.54. The van der Waals surface area contributed by atoms with E-state index in [9.17, 15) is 19.2 Å². The van der Waals surface area contributed by atoms with Gasteiger partial charge in [0.05, 0.1) is 27.1 Å². The van der Waals surface area contributed by atoms with Crippen LogP contribution in [0.1, 0.15) is 0 Å². The van der Waals surface area contributed by atoms with E-state index >= 15 is 0 Å². The number of furan rings is 1. The number of aromatic amines is 1. The van der Waals surface area contributed by atoms with Crippen molar-refractivity contribution < 1.29 is 4.42 Å². The molecule has 24 heavy (non-hydrogen) atoms. The minimum atomic E-state index is -0.894. The number of fused-ring (bicyclic) bond motifs is 8. The summed E-state index contributed by atoms with van der Waals surface area (Å²) in [5.41, 5.74) is -1.51. The van der Waals surface area contributed by atoms with Crippen LogP contribution in [0.5, 0.6) is 0 Å². The first-order chi connectivity index (χ1) is 11.6. The number of H-pyrrole nitrogens is 1. The molecule has 5 aromatic rings. The zero-order valence-electron chi connectivity index (χ0n) is 12.0. The van der Waals surface area contributed by atoms with Gasteiger partial charge in [-0.3, -0.25) is 9.59 Å². The third kappa shape index (κ3) is 1.35. The lowest BCUT2D eigenvalue weighted by Crippen LogP contribution is -2.11.